The molecule has 2 unspecified atom stereocenters. The summed E-state index contributed by atoms with van der Waals surface area (Å²) in [5.74, 6) is -0.882. The van der Waals surface area contributed by atoms with Gasteiger partial charge in [-0.25, -0.2) is 4.39 Å². The summed E-state index contributed by atoms with van der Waals surface area (Å²) in [5, 5.41) is 0. The van der Waals surface area contributed by atoms with Gasteiger partial charge >= 0.3 is 5.97 Å². The number of benzene rings is 1. The van der Waals surface area contributed by atoms with Gasteiger partial charge < -0.3 is 10.5 Å². The first kappa shape index (κ1) is 14.0. The minimum Gasteiger partial charge on any atom is -0.460 e. The van der Waals surface area contributed by atoms with Gasteiger partial charge in [0.05, 0.1) is 5.92 Å². The minimum atomic E-state index is -0.347. The third-order valence-electron chi connectivity index (χ3n) is 3.70. The number of esters is 1. The van der Waals surface area contributed by atoms with Crippen molar-refractivity contribution in [3.63, 3.8) is 0 Å². The van der Waals surface area contributed by atoms with Crippen LogP contribution in [0.25, 0.3) is 0 Å². The molecule has 0 amide bonds. The zero-order chi connectivity index (χ0) is 13.7. The lowest BCUT2D eigenvalue weighted by Crippen LogP contribution is -2.35. The fourth-order valence-corrected chi connectivity index (χ4v) is 2.50. The molecule has 1 saturated carbocycles. The van der Waals surface area contributed by atoms with Crippen molar-refractivity contribution in [3.05, 3.63) is 35.6 Å². The van der Waals surface area contributed by atoms with Crippen LogP contribution in [0.4, 0.5) is 4.39 Å². The lowest BCUT2D eigenvalue weighted by atomic mass is 9.96. The predicted molar refractivity (Wildman–Crippen MR) is 70.7 cm³/mol. The molecule has 1 aliphatic carbocycles. The average molecular weight is 265 g/mol. The Morgan fingerprint density at radius 3 is 2.79 bits per heavy atom. The van der Waals surface area contributed by atoms with Crippen LogP contribution in [0.15, 0.2) is 24.3 Å². The molecule has 2 rings (SSSR count). The van der Waals surface area contributed by atoms with E-state index in [9.17, 15) is 9.18 Å². The third kappa shape index (κ3) is 3.77. The normalized spacial score (nSPS) is 23.7. The highest BCUT2D eigenvalue weighted by atomic mass is 19.1. The average Bonchev–Trinajstić information content (AvgIpc) is 2.62. The third-order valence-corrected chi connectivity index (χ3v) is 3.70. The fourth-order valence-electron chi connectivity index (χ4n) is 2.50. The molecule has 4 heteroatoms. The van der Waals surface area contributed by atoms with E-state index in [1.54, 1.807) is 18.2 Å². The molecule has 1 aromatic carbocycles. The summed E-state index contributed by atoms with van der Waals surface area (Å²) < 4.78 is 18.6. The number of hydrogen-bond acceptors (Lipinski definition) is 3. The van der Waals surface area contributed by atoms with Crippen LogP contribution < -0.4 is 5.73 Å². The van der Waals surface area contributed by atoms with Crippen LogP contribution in [0.2, 0.25) is 0 Å². The van der Waals surface area contributed by atoms with Crippen molar-refractivity contribution in [2.75, 3.05) is 0 Å². The fraction of sp³-hybridized carbons (Fsp3) is 0.533. The van der Waals surface area contributed by atoms with Crippen molar-refractivity contribution in [1.82, 2.24) is 0 Å². The number of carbonyl (C=O) groups is 1. The van der Waals surface area contributed by atoms with E-state index in [4.69, 9.17) is 10.5 Å². The van der Waals surface area contributed by atoms with Gasteiger partial charge in [-0.2, -0.15) is 0 Å². The molecule has 1 aliphatic rings. The van der Waals surface area contributed by atoms with Gasteiger partial charge in [0, 0.05) is 11.6 Å². The lowest BCUT2D eigenvalue weighted by Gasteiger charge is -2.19. The van der Waals surface area contributed by atoms with Crippen molar-refractivity contribution >= 4 is 5.97 Å². The monoisotopic (exact) mass is 265 g/mol. The molecule has 0 radical (unpaired) electrons. The second-order valence-electron chi connectivity index (χ2n) is 5.11. The molecule has 2 N–H and O–H groups in total. The van der Waals surface area contributed by atoms with Gasteiger partial charge in [0.15, 0.2) is 0 Å². The first-order valence-electron chi connectivity index (χ1n) is 6.84. The second-order valence-corrected chi connectivity index (χ2v) is 5.11. The minimum absolute atomic E-state index is 0.0191. The van der Waals surface area contributed by atoms with Crippen LogP contribution in [-0.2, 0) is 16.1 Å². The van der Waals surface area contributed by atoms with E-state index in [0.717, 1.165) is 32.1 Å². The van der Waals surface area contributed by atoms with Gasteiger partial charge in [-0.3, -0.25) is 4.79 Å². The Hall–Kier alpha value is -1.42. The van der Waals surface area contributed by atoms with Crippen molar-refractivity contribution < 1.29 is 13.9 Å². The maximum absolute atomic E-state index is 13.4. The summed E-state index contributed by atoms with van der Waals surface area (Å²) in [5.41, 5.74) is 6.40. The molecule has 0 bridgehead atoms. The highest BCUT2D eigenvalue weighted by molar-refractivity contribution is 5.73. The Morgan fingerprint density at radius 2 is 2.00 bits per heavy atom. The van der Waals surface area contributed by atoms with Crippen molar-refractivity contribution in [3.8, 4) is 0 Å². The number of halogens is 1. The van der Waals surface area contributed by atoms with Crippen LogP contribution >= 0.6 is 0 Å². The summed E-state index contributed by atoms with van der Waals surface area (Å²) in [6.07, 6.45) is 4.83. The summed E-state index contributed by atoms with van der Waals surface area (Å²) in [6.45, 7) is -0.0191. The summed E-state index contributed by atoms with van der Waals surface area (Å²) >= 11 is 0. The molecular formula is C15H20FNO2. The number of carbonyl (C=O) groups excluding carboxylic acids is 1. The SMILES string of the molecule is NC1CCCCCC1C(=O)OCc1ccccc1F. The van der Waals surface area contributed by atoms with E-state index in [-0.39, 0.29) is 30.4 Å². The molecule has 19 heavy (non-hydrogen) atoms. The highest BCUT2D eigenvalue weighted by Crippen LogP contribution is 2.23. The topological polar surface area (TPSA) is 52.3 Å². The quantitative estimate of drug-likeness (QED) is 0.675. The number of ether oxygens (including phenoxy) is 1. The molecule has 104 valence electrons. The first-order valence-corrected chi connectivity index (χ1v) is 6.84. The Morgan fingerprint density at radius 1 is 1.26 bits per heavy atom. The standard InChI is InChI=1S/C15H20FNO2/c16-13-8-5-4-6-11(13)10-19-15(18)12-7-2-1-3-9-14(12)17/h4-6,8,12,14H,1-3,7,9-10,17H2. The van der Waals surface area contributed by atoms with Crippen LogP contribution in [0.5, 0.6) is 0 Å². The second kappa shape index (κ2) is 6.66. The van der Waals surface area contributed by atoms with Gasteiger partial charge in [-0.1, -0.05) is 37.5 Å². The predicted octanol–water partition coefficient (Wildman–Crippen LogP) is 2.78. The van der Waals surface area contributed by atoms with E-state index in [0.29, 0.717) is 5.56 Å². The summed E-state index contributed by atoms with van der Waals surface area (Å²) in [6, 6.07) is 6.19. The molecule has 2 atom stereocenters. The Labute approximate surface area is 112 Å². The summed E-state index contributed by atoms with van der Waals surface area (Å²) in [7, 11) is 0. The molecule has 0 aliphatic heterocycles. The molecular weight excluding hydrogens is 245 g/mol. The maximum Gasteiger partial charge on any atom is 0.310 e. The first-order chi connectivity index (χ1) is 9.18. The Balaban J connectivity index is 1.91. The Kier molecular flexibility index (Phi) is 4.91. The zero-order valence-corrected chi connectivity index (χ0v) is 11.0. The van der Waals surface area contributed by atoms with E-state index in [1.165, 1.54) is 6.07 Å². The zero-order valence-electron chi connectivity index (χ0n) is 11.0. The maximum atomic E-state index is 13.4. The van der Waals surface area contributed by atoms with Crippen LogP contribution in [-0.4, -0.2) is 12.0 Å². The molecule has 1 fully saturated rings. The van der Waals surface area contributed by atoms with E-state index in [1.807, 2.05) is 0 Å². The van der Waals surface area contributed by atoms with Gasteiger partial charge in [-0.05, 0) is 18.9 Å². The molecule has 1 aromatic rings. The highest BCUT2D eigenvalue weighted by Gasteiger charge is 2.28. The largest absolute Gasteiger partial charge is 0.460 e. The number of nitrogens with two attached hydrogens (primary N) is 1. The lowest BCUT2D eigenvalue weighted by molar-refractivity contribution is -0.151. The van der Waals surface area contributed by atoms with Gasteiger partial charge in [0.1, 0.15) is 12.4 Å². The number of rotatable bonds is 3. The molecule has 0 saturated heterocycles. The van der Waals surface area contributed by atoms with E-state index < -0.39 is 0 Å². The van der Waals surface area contributed by atoms with Crippen molar-refractivity contribution in [1.29, 1.82) is 0 Å². The number of hydrogen-bond donors (Lipinski definition) is 1. The van der Waals surface area contributed by atoms with Crippen LogP contribution in [0.3, 0.4) is 0 Å². The molecule has 0 heterocycles. The van der Waals surface area contributed by atoms with Gasteiger partial charge in [0.2, 0.25) is 0 Å². The van der Waals surface area contributed by atoms with Gasteiger partial charge in [0.25, 0.3) is 0 Å². The van der Waals surface area contributed by atoms with Crippen molar-refractivity contribution in [2.24, 2.45) is 11.7 Å². The smallest absolute Gasteiger partial charge is 0.310 e. The molecule has 0 spiro atoms. The Bertz CT molecular complexity index is 436. The molecule has 0 aromatic heterocycles. The van der Waals surface area contributed by atoms with Crippen LogP contribution in [0, 0.1) is 11.7 Å². The van der Waals surface area contributed by atoms with Gasteiger partial charge in [-0.15, -0.1) is 0 Å². The van der Waals surface area contributed by atoms with E-state index >= 15 is 0 Å². The van der Waals surface area contributed by atoms with E-state index in [2.05, 4.69) is 0 Å². The van der Waals surface area contributed by atoms with Crippen molar-refractivity contribution in [2.45, 2.75) is 44.8 Å². The van der Waals surface area contributed by atoms with Crippen LogP contribution in [0.1, 0.15) is 37.7 Å². The molecule has 3 nitrogen and oxygen atoms in total. The summed E-state index contributed by atoms with van der Waals surface area (Å²) in [4.78, 5) is 12.0.